The first-order valence-corrected chi connectivity index (χ1v) is 8.52. The number of aliphatic hydroxyl groups excluding tert-OH is 1. The van der Waals surface area contributed by atoms with Crippen LogP contribution in [0.2, 0.25) is 0 Å². The number of rotatable bonds is 4. The van der Waals surface area contributed by atoms with Crippen LogP contribution in [-0.4, -0.2) is 39.3 Å². The lowest BCUT2D eigenvalue weighted by Gasteiger charge is -2.50. The second kappa shape index (κ2) is 5.23. The van der Waals surface area contributed by atoms with Crippen molar-refractivity contribution < 1.29 is 10.2 Å². The van der Waals surface area contributed by atoms with E-state index in [-0.39, 0.29) is 17.3 Å². The van der Waals surface area contributed by atoms with Gasteiger partial charge in [-0.2, -0.15) is 0 Å². The third-order valence-corrected chi connectivity index (χ3v) is 6.31. The molecular weight excluding hydrogens is 300 g/mol. The first kappa shape index (κ1) is 15.5. The van der Waals surface area contributed by atoms with Gasteiger partial charge in [-0.3, -0.25) is 4.90 Å². The van der Waals surface area contributed by atoms with Gasteiger partial charge in [0, 0.05) is 11.6 Å². The molecule has 1 aromatic carbocycles. The molecular formula is C20H24N2O2. The summed E-state index contributed by atoms with van der Waals surface area (Å²) < 4.78 is 0. The molecule has 3 fully saturated rings. The average Bonchev–Trinajstić information content (AvgIpc) is 3.13. The maximum Gasteiger partial charge on any atom is 0.116 e. The maximum absolute atomic E-state index is 11.0. The van der Waals surface area contributed by atoms with Crippen LogP contribution in [0.5, 0.6) is 5.75 Å². The number of aliphatic hydroxyl groups is 1. The van der Waals surface area contributed by atoms with Crippen molar-refractivity contribution in [3.05, 3.63) is 53.6 Å². The molecule has 0 bridgehead atoms. The Morgan fingerprint density at radius 2 is 2.25 bits per heavy atom. The summed E-state index contributed by atoms with van der Waals surface area (Å²) in [7, 11) is 0. The highest BCUT2D eigenvalue weighted by atomic mass is 16.3. The monoisotopic (exact) mass is 324 g/mol. The fraction of sp³-hybridized carbons (Fsp3) is 0.400. The number of phenols is 1. The van der Waals surface area contributed by atoms with E-state index in [2.05, 4.69) is 24.1 Å². The second-order valence-corrected chi connectivity index (χ2v) is 7.21. The van der Waals surface area contributed by atoms with Crippen molar-refractivity contribution in [1.82, 2.24) is 4.90 Å². The summed E-state index contributed by atoms with van der Waals surface area (Å²) in [5, 5.41) is 22.4. The summed E-state index contributed by atoms with van der Waals surface area (Å²) in [5.74, 6) is 1.45. The molecule has 1 spiro atoms. The van der Waals surface area contributed by atoms with E-state index in [1.807, 2.05) is 0 Å². The van der Waals surface area contributed by atoms with Crippen molar-refractivity contribution in [2.24, 2.45) is 17.6 Å². The molecule has 4 nitrogen and oxygen atoms in total. The summed E-state index contributed by atoms with van der Waals surface area (Å²) >= 11 is 0. The molecule has 0 aromatic heterocycles. The van der Waals surface area contributed by atoms with Gasteiger partial charge < -0.3 is 15.9 Å². The first-order chi connectivity index (χ1) is 11.5. The molecule has 126 valence electrons. The Bertz CT molecular complexity index is 831. The number of aromatic hydroxyl groups is 1. The zero-order chi connectivity index (χ0) is 17.1. The molecule has 1 saturated carbocycles. The van der Waals surface area contributed by atoms with Crippen molar-refractivity contribution in [2.75, 3.05) is 6.54 Å². The Morgan fingerprint density at radius 3 is 2.92 bits per heavy atom. The van der Waals surface area contributed by atoms with E-state index in [4.69, 9.17) is 5.73 Å². The molecule has 2 saturated heterocycles. The Kier molecular flexibility index (Phi) is 3.37. The number of piperidine rings is 1. The van der Waals surface area contributed by atoms with E-state index < -0.39 is 6.10 Å². The van der Waals surface area contributed by atoms with Crippen LogP contribution in [0, 0.1) is 11.8 Å². The molecule has 2 heterocycles. The van der Waals surface area contributed by atoms with Crippen molar-refractivity contribution in [1.29, 1.82) is 0 Å². The highest BCUT2D eigenvalue weighted by Gasteiger charge is 2.76. The number of hydrogen-bond acceptors (Lipinski definition) is 4. The van der Waals surface area contributed by atoms with Gasteiger partial charge in [-0.15, -0.1) is 6.58 Å². The molecule has 4 heteroatoms. The van der Waals surface area contributed by atoms with E-state index in [9.17, 15) is 10.2 Å². The van der Waals surface area contributed by atoms with Gasteiger partial charge in [0.25, 0.3) is 0 Å². The number of nitrogens with two attached hydrogens (primary N) is 1. The molecule has 4 N–H and O–H groups in total. The molecule has 3 aliphatic rings. The maximum atomic E-state index is 11.0. The molecule has 1 aliphatic carbocycles. The molecule has 1 aromatic rings. The normalized spacial score (nSPS) is 36.6. The largest absolute Gasteiger partial charge is 0.508 e. The smallest absolute Gasteiger partial charge is 0.116 e. The van der Waals surface area contributed by atoms with Crippen LogP contribution in [0.1, 0.15) is 12.8 Å². The minimum Gasteiger partial charge on any atom is -0.508 e. The topological polar surface area (TPSA) is 69.7 Å². The predicted molar refractivity (Wildman–Crippen MR) is 95.3 cm³/mol. The molecule has 0 amide bonds. The minimum absolute atomic E-state index is 0.0906. The third kappa shape index (κ3) is 1.87. The zero-order valence-corrected chi connectivity index (χ0v) is 13.7. The summed E-state index contributed by atoms with van der Waals surface area (Å²) in [6.07, 6.45) is 6.77. The van der Waals surface area contributed by atoms with Gasteiger partial charge in [-0.1, -0.05) is 18.7 Å². The average molecular weight is 324 g/mol. The number of nitrogens with zero attached hydrogens (tertiary/aromatic N) is 1. The molecule has 0 radical (unpaired) electrons. The fourth-order valence-electron chi connectivity index (χ4n) is 5.21. The van der Waals surface area contributed by atoms with Gasteiger partial charge in [0.05, 0.1) is 6.10 Å². The van der Waals surface area contributed by atoms with E-state index in [1.54, 1.807) is 24.3 Å². The van der Waals surface area contributed by atoms with Gasteiger partial charge in [-0.05, 0) is 71.6 Å². The quantitative estimate of drug-likeness (QED) is 0.703. The fourth-order valence-corrected chi connectivity index (χ4v) is 5.21. The number of benzene rings is 1. The van der Waals surface area contributed by atoms with Crippen molar-refractivity contribution in [3.63, 3.8) is 0 Å². The van der Waals surface area contributed by atoms with Gasteiger partial charge in [0.2, 0.25) is 0 Å². The van der Waals surface area contributed by atoms with E-state index >= 15 is 0 Å². The van der Waals surface area contributed by atoms with Crippen LogP contribution in [0.15, 0.2) is 43.1 Å². The molecule has 24 heavy (non-hydrogen) atoms. The van der Waals surface area contributed by atoms with Gasteiger partial charge in [0.1, 0.15) is 5.75 Å². The summed E-state index contributed by atoms with van der Waals surface area (Å²) in [6, 6.07) is 5.09. The lowest BCUT2D eigenvalue weighted by molar-refractivity contribution is -0.0444. The van der Waals surface area contributed by atoms with Crippen LogP contribution < -0.4 is 16.2 Å². The Labute approximate surface area is 141 Å². The molecule has 4 rings (SSSR count). The standard InChI is InChI=1S/C20H24N2O2/c1-3-16-17-7-9-22-18(11-20(16,17)22)19(24)14(6-8-21)15-10-13(23)5-4-12(15)2/h3-6,8,10,16-19,23-24H,1-2,7,9,11,21H2/b8-6-,15-14+/t16?,17?,18?,19-,20?/m1/s1. The summed E-state index contributed by atoms with van der Waals surface area (Å²) in [5.41, 5.74) is 6.60. The Morgan fingerprint density at radius 1 is 1.46 bits per heavy atom. The number of hydrogen-bond donors (Lipinski definition) is 3. The van der Waals surface area contributed by atoms with Gasteiger partial charge in [-0.25, -0.2) is 0 Å². The second-order valence-electron chi connectivity index (χ2n) is 7.21. The van der Waals surface area contributed by atoms with E-state index in [0.29, 0.717) is 5.92 Å². The molecule has 2 aliphatic heterocycles. The van der Waals surface area contributed by atoms with E-state index in [0.717, 1.165) is 34.9 Å². The van der Waals surface area contributed by atoms with Crippen LogP contribution in [0.4, 0.5) is 0 Å². The molecule has 4 unspecified atom stereocenters. The zero-order valence-electron chi connectivity index (χ0n) is 13.7. The first-order valence-electron chi connectivity index (χ1n) is 8.52. The van der Waals surface area contributed by atoms with Crippen LogP contribution >= 0.6 is 0 Å². The van der Waals surface area contributed by atoms with Crippen molar-refractivity contribution in [3.8, 4) is 5.75 Å². The van der Waals surface area contributed by atoms with Gasteiger partial charge in [0.15, 0.2) is 0 Å². The van der Waals surface area contributed by atoms with Crippen molar-refractivity contribution >= 4 is 12.2 Å². The van der Waals surface area contributed by atoms with Crippen LogP contribution in [-0.2, 0) is 0 Å². The SMILES string of the molecule is C=CC1C2CCN3C([C@H](O)C(/C=C\N)=c4\cc(O)ccc4=C)CC123. The highest BCUT2D eigenvalue weighted by Crippen LogP contribution is 2.70. The number of phenolic OH excluding ortho intramolecular Hbond substituents is 1. The van der Waals surface area contributed by atoms with E-state index in [1.165, 1.54) is 12.6 Å². The lowest BCUT2D eigenvalue weighted by Crippen LogP contribution is -2.62. The molecule has 5 atom stereocenters. The highest BCUT2D eigenvalue weighted by molar-refractivity contribution is 5.62. The Balaban J connectivity index is 1.70. The minimum atomic E-state index is -0.650. The van der Waals surface area contributed by atoms with Crippen molar-refractivity contribution in [2.45, 2.75) is 30.5 Å². The van der Waals surface area contributed by atoms with Crippen LogP contribution in [0.25, 0.3) is 12.2 Å². The lowest BCUT2D eigenvalue weighted by atomic mass is 9.82. The summed E-state index contributed by atoms with van der Waals surface area (Å²) in [6.45, 7) is 9.02. The summed E-state index contributed by atoms with van der Waals surface area (Å²) in [4.78, 5) is 2.45. The Hall–Kier alpha value is -2.04. The van der Waals surface area contributed by atoms with Crippen LogP contribution in [0.3, 0.4) is 0 Å². The predicted octanol–water partition coefficient (Wildman–Crippen LogP) is 0.435. The third-order valence-electron chi connectivity index (χ3n) is 6.31. The van der Waals surface area contributed by atoms with Gasteiger partial charge >= 0.3 is 0 Å².